The van der Waals surface area contributed by atoms with Gasteiger partial charge in [-0.15, -0.1) is 0 Å². The van der Waals surface area contributed by atoms with Gasteiger partial charge in [0.1, 0.15) is 0 Å². The van der Waals surface area contributed by atoms with E-state index in [0.29, 0.717) is 6.42 Å². The van der Waals surface area contributed by atoms with Gasteiger partial charge in [0.15, 0.2) is 0 Å². The molecule has 0 fully saturated rings. The molecule has 0 radical (unpaired) electrons. The molecule has 160 valence electrons. The fourth-order valence-electron chi connectivity index (χ4n) is 4.03. The zero-order valence-electron chi connectivity index (χ0n) is 19.6. The molecule has 0 unspecified atom stereocenters. The van der Waals surface area contributed by atoms with Crippen LogP contribution in [0.2, 0.25) is 0 Å². The highest BCUT2D eigenvalue weighted by Gasteiger charge is 2.21. The molecule has 0 aliphatic rings. The Hall–Kier alpha value is -2.35. The zero-order valence-corrected chi connectivity index (χ0v) is 19.6. The van der Waals surface area contributed by atoms with Crippen molar-refractivity contribution in [2.75, 3.05) is 0 Å². The van der Waals surface area contributed by atoms with Crippen LogP contribution in [0.1, 0.15) is 78.9 Å². The van der Waals surface area contributed by atoms with Gasteiger partial charge in [0.05, 0.1) is 6.10 Å². The fraction of sp³-hybridized carbons (Fsp3) is 0.464. The molecular formula is C28H36O2. The number of esters is 1. The second kappa shape index (κ2) is 8.41. The minimum atomic E-state index is -0.0968. The minimum Gasteiger partial charge on any atom is -0.463 e. The van der Waals surface area contributed by atoms with Crippen LogP contribution in [0.25, 0.3) is 21.5 Å². The Bertz CT molecular complexity index is 1050. The highest BCUT2D eigenvalue weighted by molar-refractivity contribution is 5.98. The fourth-order valence-corrected chi connectivity index (χ4v) is 4.03. The molecule has 30 heavy (non-hydrogen) atoms. The van der Waals surface area contributed by atoms with Crippen LogP contribution in [-0.2, 0) is 20.4 Å². The van der Waals surface area contributed by atoms with Gasteiger partial charge in [0.2, 0.25) is 0 Å². The first-order valence-corrected chi connectivity index (χ1v) is 11.1. The van der Waals surface area contributed by atoms with E-state index in [9.17, 15) is 4.79 Å². The first kappa shape index (κ1) is 22.3. The highest BCUT2D eigenvalue weighted by atomic mass is 16.5. The third-order valence-corrected chi connectivity index (χ3v) is 5.99. The molecule has 3 aromatic carbocycles. The summed E-state index contributed by atoms with van der Waals surface area (Å²) in [5, 5.41) is 5.12. The van der Waals surface area contributed by atoms with Crippen molar-refractivity contribution < 1.29 is 9.53 Å². The Kier molecular flexibility index (Phi) is 6.26. The standard InChI is InChI=1S/C28H36O2/c1-19(2)30-26(29)9-8-14-28(6,7)25-13-11-21-15-20-10-12-24(27(3,4)5)17-22(20)16-23(21)18-25/h10-13,15-19H,8-9,14H2,1-7H3. The zero-order chi connectivity index (χ0) is 22.1. The van der Waals surface area contributed by atoms with Crippen molar-refractivity contribution in [1.29, 1.82) is 0 Å². The predicted octanol–water partition coefficient (Wildman–Crippen LogP) is 7.69. The van der Waals surface area contributed by atoms with Gasteiger partial charge < -0.3 is 4.74 Å². The smallest absolute Gasteiger partial charge is 0.306 e. The van der Waals surface area contributed by atoms with Crippen LogP contribution in [0.4, 0.5) is 0 Å². The van der Waals surface area contributed by atoms with E-state index in [1.807, 2.05) is 13.8 Å². The van der Waals surface area contributed by atoms with Crippen LogP contribution in [0.5, 0.6) is 0 Å². The third-order valence-electron chi connectivity index (χ3n) is 5.99. The van der Waals surface area contributed by atoms with Crippen molar-refractivity contribution in [1.82, 2.24) is 0 Å². The first-order valence-electron chi connectivity index (χ1n) is 11.1. The Labute approximate surface area is 181 Å². The van der Waals surface area contributed by atoms with E-state index in [1.165, 1.54) is 32.7 Å². The summed E-state index contributed by atoms with van der Waals surface area (Å²) in [7, 11) is 0. The number of benzene rings is 3. The van der Waals surface area contributed by atoms with Crippen LogP contribution >= 0.6 is 0 Å². The summed E-state index contributed by atoms with van der Waals surface area (Å²) in [5.74, 6) is -0.0968. The maximum atomic E-state index is 11.9. The maximum Gasteiger partial charge on any atom is 0.306 e. The molecule has 0 saturated carbocycles. The molecule has 2 nitrogen and oxygen atoms in total. The summed E-state index contributed by atoms with van der Waals surface area (Å²) in [4.78, 5) is 11.9. The van der Waals surface area contributed by atoms with Crippen molar-refractivity contribution in [2.45, 2.75) is 84.7 Å². The molecule has 0 bridgehead atoms. The number of hydrogen-bond acceptors (Lipinski definition) is 2. The van der Waals surface area contributed by atoms with E-state index < -0.39 is 0 Å². The lowest BCUT2D eigenvalue weighted by atomic mass is 9.79. The van der Waals surface area contributed by atoms with Gasteiger partial charge in [-0.1, -0.05) is 71.0 Å². The molecule has 0 atom stereocenters. The quantitative estimate of drug-likeness (QED) is 0.311. The molecule has 0 heterocycles. The van der Waals surface area contributed by atoms with Crippen LogP contribution in [0, 0.1) is 0 Å². The molecule has 0 N–H and O–H groups in total. The second-order valence-corrected chi connectivity index (χ2v) is 10.5. The number of hydrogen-bond donors (Lipinski definition) is 0. The van der Waals surface area contributed by atoms with E-state index in [1.54, 1.807) is 0 Å². The van der Waals surface area contributed by atoms with E-state index in [0.717, 1.165) is 12.8 Å². The third kappa shape index (κ3) is 5.22. The van der Waals surface area contributed by atoms with Gasteiger partial charge in [0.25, 0.3) is 0 Å². The summed E-state index contributed by atoms with van der Waals surface area (Å²) in [6, 6.07) is 18.2. The molecule has 0 aliphatic heterocycles. The van der Waals surface area contributed by atoms with Crippen LogP contribution in [0.3, 0.4) is 0 Å². The number of carbonyl (C=O) groups excluding carboxylic acids is 1. The molecule has 0 spiro atoms. The van der Waals surface area contributed by atoms with Gasteiger partial charge in [0, 0.05) is 6.42 Å². The first-order chi connectivity index (χ1) is 14.0. The van der Waals surface area contributed by atoms with E-state index >= 15 is 0 Å². The van der Waals surface area contributed by atoms with Crippen molar-refractivity contribution in [3.63, 3.8) is 0 Å². The van der Waals surface area contributed by atoms with Gasteiger partial charge >= 0.3 is 5.97 Å². The van der Waals surface area contributed by atoms with Crippen LogP contribution < -0.4 is 0 Å². The normalized spacial score (nSPS) is 12.7. The monoisotopic (exact) mass is 404 g/mol. The lowest BCUT2D eigenvalue weighted by Crippen LogP contribution is -2.18. The van der Waals surface area contributed by atoms with Crippen LogP contribution in [0.15, 0.2) is 48.5 Å². The topological polar surface area (TPSA) is 26.3 Å². The Morgan fingerprint density at radius 3 is 1.90 bits per heavy atom. The molecule has 0 amide bonds. The molecule has 0 saturated heterocycles. The van der Waals surface area contributed by atoms with Gasteiger partial charge in [-0.25, -0.2) is 0 Å². The maximum absolute atomic E-state index is 11.9. The molecule has 3 rings (SSSR count). The van der Waals surface area contributed by atoms with E-state index in [4.69, 9.17) is 4.74 Å². The lowest BCUT2D eigenvalue weighted by molar-refractivity contribution is -0.147. The molecular weight excluding hydrogens is 368 g/mol. The largest absolute Gasteiger partial charge is 0.463 e. The molecule has 3 aromatic rings. The average molecular weight is 405 g/mol. The number of fused-ring (bicyclic) bond motifs is 2. The summed E-state index contributed by atoms with van der Waals surface area (Å²) in [6.07, 6.45) is 2.23. The van der Waals surface area contributed by atoms with Crippen molar-refractivity contribution in [2.24, 2.45) is 0 Å². The summed E-state index contributed by atoms with van der Waals surface area (Å²) >= 11 is 0. The lowest BCUT2D eigenvalue weighted by Gasteiger charge is -2.26. The minimum absolute atomic E-state index is 0.00845. The van der Waals surface area contributed by atoms with Crippen molar-refractivity contribution in [3.8, 4) is 0 Å². The van der Waals surface area contributed by atoms with E-state index in [2.05, 4.69) is 83.1 Å². The number of rotatable bonds is 6. The average Bonchev–Trinajstić information content (AvgIpc) is 2.63. The molecule has 0 aliphatic carbocycles. The number of ether oxygens (including phenoxy) is 1. The summed E-state index contributed by atoms with van der Waals surface area (Å²) in [6.45, 7) is 15.1. The van der Waals surface area contributed by atoms with Crippen molar-refractivity contribution in [3.05, 3.63) is 59.7 Å². The summed E-state index contributed by atoms with van der Waals surface area (Å²) < 4.78 is 5.26. The molecule has 0 aromatic heterocycles. The number of carbonyl (C=O) groups is 1. The second-order valence-electron chi connectivity index (χ2n) is 10.5. The van der Waals surface area contributed by atoms with E-state index in [-0.39, 0.29) is 22.9 Å². The highest BCUT2D eigenvalue weighted by Crippen LogP contribution is 2.34. The predicted molar refractivity (Wildman–Crippen MR) is 128 cm³/mol. The van der Waals surface area contributed by atoms with Gasteiger partial charge in [-0.2, -0.15) is 0 Å². The van der Waals surface area contributed by atoms with Gasteiger partial charge in [-0.3, -0.25) is 4.79 Å². The van der Waals surface area contributed by atoms with Crippen LogP contribution in [-0.4, -0.2) is 12.1 Å². The van der Waals surface area contributed by atoms with Gasteiger partial charge in [-0.05, 0) is 82.3 Å². The Morgan fingerprint density at radius 1 is 0.800 bits per heavy atom. The Balaban J connectivity index is 1.85. The summed E-state index contributed by atoms with van der Waals surface area (Å²) in [5.41, 5.74) is 2.83. The van der Waals surface area contributed by atoms with Crippen molar-refractivity contribution >= 4 is 27.5 Å². The Morgan fingerprint density at radius 2 is 1.33 bits per heavy atom. The molecule has 2 heteroatoms. The SMILES string of the molecule is CC(C)OC(=O)CCCC(C)(C)c1ccc2cc3ccc(C(C)(C)C)cc3cc2c1.